The second-order valence-corrected chi connectivity index (χ2v) is 23.0. The molecule has 6 aromatic rings. The van der Waals surface area contributed by atoms with E-state index in [1.165, 1.54) is 0 Å². The number of alkyl halides is 3. The molecule has 3 aliphatic rings. The molecule has 3 aliphatic heterocycles. The molecule has 0 spiro atoms. The third-order valence-electron chi connectivity index (χ3n) is 12.8. The van der Waals surface area contributed by atoms with Crippen LogP contribution in [0.4, 0.5) is 31.4 Å². The molecule has 0 radical (unpaired) electrons. The number of halogens is 3. The fourth-order valence-electron chi connectivity index (χ4n) is 9.81. The molecule has 78 heavy (non-hydrogen) atoms. The van der Waals surface area contributed by atoms with Gasteiger partial charge in [-0.15, -0.1) is 34.8 Å². The first-order chi connectivity index (χ1) is 37.1. The Labute approximate surface area is 472 Å². The van der Waals surface area contributed by atoms with E-state index in [0.717, 1.165) is 66.1 Å². The molecule has 18 heteroatoms. The molecule has 0 aromatic heterocycles. The molecule has 1 unspecified atom stereocenters. The molecule has 6 aromatic carbocycles. The van der Waals surface area contributed by atoms with E-state index in [-0.39, 0.29) is 56.4 Å². The van der Waals surface area contributed by atoms with E-state index in [1.54, 1.807) is 36.0 Å². The number of rotatable bonds is 12. The molecule has 0 bridgehead atoms. The number of benzene rings is 6. The van der Waals surface area contributed by atoms with Crippen molar-refractivity contribution in [3.8, 4) is 17.2 Å². The van der Waals surface area contributed by atoms with Crippen LogP contribution in [0.5, 0.6) is 17.2 Å². The summed E-state index contributed by atoms with van der Waals surface area (Å²) in [4.78, 5) is 43.2. The van der Waals surface area contributed by atoms with E-state index < -0.39 is 16.8 Å². The van der Waals surface area contributed by atoms with Crippen LogP contribution in [0.2, 0.25) is 0 Å². The highest BCUT2D eigenvalue weighted by Crippen LogP contribution is 2.49. The minimum absolute atomic E-state index is 0.0422. The molecule has 3 amide bonds. The Hall–Kier alpha value is -5.94. The summed E-state index contributed by atoms with van der Waals surface area (Å²) >= 11 is 18.7. The summed E-state index contributed by atoms with van der Waals surface area (Å²) in [6, 6.07) is 29.6. The number of methoxy groups -OCH3 is 3. The number of fused-ring (bicyclic) bond motifs is 9. The highest BCUT2D eigenvalue weighted by Gasteiger charge is 2.40. The van der Waals surface area contributed by atoms with Gasteiger partial charge in [0.1, 0.15) is 34.1 Å². The molecule has 15 nitrogen and oxygen atoms in total. The van der Waals surface area contributed by atoms with Crippen molar-refractivity contribution >= 4 is 102 Å². The third-order valence-corrected chi connectivity index (χ3v) is 13.9. The van der Waals surface area contributed by atoms with E-state index in [4.69, 9.17) is 77.4 Å². The first-order valence-corrected chi connectivity index (χ1v) is 27.4. The number of anilines is 3. The molecular weight excluding hydrogens is 1060 g/mol. The van der Waals surface area contributed by atoms with Crippen LogP contribution in [0, 0.1) is 0 Å². The van der Waals surface area contributed by atoms with Crippen molar-refractivity contribution < 1.29 is 57.0 Å². The van der Waals surface area contributed by atoms with Crippen molar-refractivity contribution in [3.63, 3.8) is 0 Å². The smallest absolute Gasteiger partial charge is 0.414 e. The van der Waals surface area contributed by atoms with Gasteiger partial charge in [-0.25, -0.2) is 14.4 Å². The van der Waals surface area contributed by atoms with Crippen molar-refractivity contribution in [1.82, 2.24) is 0 Å². The minimum Gasteiger partial charge on any atom is -0.467 e. The van der Waals surface area contributed by atoms with Gasteiger partial charge in [0.05, 0.1) is 17.1 Å². The molecule has 0 saturated heterocycles. The predicted molar refractivity (Wildman–Crippen MR) is 310 cm³/mol. The summed E-state index contributed by atoms with van der Waals surface area (Å²) in [5.74, 6) is 3.42. The zero-order valence-corrected chi connectivity index (χ0v) is 48.9. The zero-order chi connectivity index (χ0) is 56.7. The van der Waals surface area contributed by atoms with Crippen molar-refractivity contribution in [2.75, 3.05) is 93.7 Å². The number of carbonyl (C=O) groups excluding carboxylic acids is 3. The fourth-order valence-corrected chi connectivity index (χ4v) is 10.6. The summed E-state index contributed by atoms with van der Waals surface area (Å²) in [6.45, 7) is 18.6. The highest BCUT2D eigenvalue weighted by molar-refractivity contribution is 6.20. The first-order valence-electron chi connectivity index (χ1n) is 25.8. The van der Waals surface area contributed by atoms with E-state index in [0.29, 0.717) is 54.5 Å². The van der Waals surface area contributed by atoms with Crippen molar-refractivity contribution in [2.24, 2.45) is 0 Å². The van der Waals surface area contributed by atoms with Crippen LogP contribution >= 0.6 is 34.8 Å². The zero-order valence-electron chi connectivity index (χ0n) is 46.6. The van der Waals surface area contributed by atoms with Gasteiger partial charge in [-0.05, 0) is 95.2 Å². The molecular formula is C60H72Cl3N3O12. The SMILES string of the molecule is COCOc1cc2c(c3ccccc13)C(CCl)CN2C(=O)OC(C)(C)C.COCOc1cc2c(c3ccccc13)[C@@H](CCl)CN2C(=O)OC(C)(C)C.COCOc1cc2c(c3ccccc13)[C@H](CCl)CN2C(=O)OC(C)(C)C. The van der Waals surface area contributed by atoms with Crippen LogP contribution in [0.15, 0.2) is 91.0 Å². The van der Waals surface area contributed by atoms with Crippen LogP contribution in [0.1, 0.15) is 96.8 Å². The van der Waals surface area contributed by atoms with Crippen molar-refractivity contribution in [2.45, 2.75) is 96.9 Å². The van der Waals surface area contributed by atoms with Crippen LogP contribution < -0.4 is 28.9 Å². The number of amides is 3. The lowest BCUT2D eigenvalue weighted by Crippen LogP contribution is -2.36. The number of carbonyl (C=O) groups is 3. The summed E-state index contributed by atoms with van der Waals surface area (Å²) < 4.78 is 49.2. The quantitative estimate of drug-likeness (QED) is 0.0653. The van der Waals surface area contributed by atoms with Gasteiger partial charge in [0.2, 0.25) is 0 Å². The Balaban J connectivity index is 0.000000170. The maximum atomic E-state index is 12.7. The Morgan fingerprint density at radius 3 is 0.859 bits per heavy atom. The third kappa shape index (κ3) is 13.7. The van der Waals surface area contributed by atoms with E-state index in [1.807, 2.05) is 153 Å². The molecule has 0 fully saturated rings. The lowest BCUT2D eigenvalue weighted by Gasteiger charge is -2.25. The molecule has 3 atom stereocenters. The largest absolute Gasteiger partial charge is 0.467 e. The Kier molecular flexibility index (Phi) is 19.5. The topological polar surface area (TPSA) is 144 Å². The van der Waals surface area contributed by atoms with Crippen LogP contribution in [-0.2, 0) is 28.4 Å². The van der Waals surface area contributed by atoms with Crippen LogP contribution in [0.25, 0.3) is 32.3 Å². The van der Waals surface area contributed by atoms with Crippen LogP contribution in [-0.4, -0.2) is 114 Å². The summed E-state index contributed by atoms with van der Waals surface area (Å²) in [5.41, 5.74) is 3.84. The maximum absolute atomic E-state index is 12.7. The average Bonchev–Trinajstić information content (AvgIpc) is 4.26. The van der Waals surface area contributed by atoms with Gasteiger partial charge < -0.3 is 42.6 Å². The second kappa shape index (κ2) is 25.5. The second-order valence-electron chi connectivity index (χ2n) is 22.0. The average molecular weight is 1130 g/mol. The maximum Gasteiger partial charge on any atom is 0.414 e. The van der Waals surface area contributed by atoms with Gasteiger partial charge in [-0.2, -0.15) is 0 Å². The summed E-state index contributed by atoms with van der Waals surface area (Å²) in [6.07, 6.45) is -1.13. The fraction of sp³-hybridized carbons (Fsp3) is 0.450. The molecule has 0 N–H and O–H groups in total. The highest BCUT2D eigenvalue weighted by atomic mass is 35.5. The Bertz CT molecular complexity index is 2770. The van der Waals surface area contributed by atoms with Crippen molar-refractivity contribution in [3.05, 3.63) is 108 Å². The molecule has 420 valence electrons. The van der Waals surface area contributed by atoms with Crippen molar-refractivity contribution in [1.29, 1.82) is 0 Å². The van der Waals surface area contributed by atoms with Gasteiger partial charge in [0.15, 0.2) is 20.4 Å². The molecule has 3 heterocycles. The first kappa shape index (κ1) is 59.7. The molecule has 9 rings (SSSR count). The number of hydrogen-bond donors (Lipinski definition) is 0. The van der Waals surface area contributed by atoms with Crippen LogP contribution in [0.3, 0.4) is 0 Å². The lowest BCUT2D eigenvalue weighted by molar-refractivity contribution is 0.0519. The van der Waals surface area contributed by atoms with Gasteiger partial charge in [-0.1, -0.05) is 72.8 Å². The molecule has 0 saturated carbocycles. The summed E-state index contributed by atoms with van der Waals surface area (Å²) in [7, 11) is 4.73. The lowest BCUT2D eigenvalue weighted by atomic mass is 9.95. The van der Waals surface area contributed by atoms with Gasteiger partial charge in [0, 0.05) is 111 Å². The van der Waals surface area contributed by atoms with E-state index in [9.17, 15) is 14.4 Å². The molecule has 0 aliphatic carbocycles. The van der Waals surface area contributed by atoms with E-state index >= 15 is 0 Å². The predicted octanol–water partition coefficient (Wildman–Crippen LogP) is 14.7. The monoisotopic (exact) mass is 1130 g/mol. The van der Waals surface area contributed by atoms with Gasteiger partial charge >= 0.3 is 18.3 Å². The van der Waals surface area contributed by atoms with Gasteiger partial charge in [-0.3, -0.25) is 14.7 Å². The normalized spacial score (nSPS) is 16.7. The Morgan fingerprint density at radius 2 is 0.654 bits per heavy atom. The minimum atomic E-state index is -0.567. The Morgan fingerprint density at radius 1 is 0.423 bits per heavy atom. The standard InChI is InChI=1S/3C20H24ClNO4/c3*1-20(2,3)26-19(23)22-11-13(10-21)18-15-8-6-5-7-14(15)17(9-16(18)22)25-12-24-4/h3*5-9,13H,10-12H2,1-4H3/t2*13-;/m10./s1. The number of ether oxygens (including phenoxy) is 9. The van der Waals surface area contributed by atoms with Gasteiger partial charge in [0.25, 0.3) is 0 Å². The van der Waals surface area contributed by atoms with E-state index in [2.05, 4.69) is 0 Å². The number of hydrogen-bond acceptors (Lipinski definition) is 12. The summed E-state index contributed by atoms with van der Waals surface area (Å²) in [5, 5.41) is 6.03. The number of nitrogens with zero attached hydrogens (tertiary/aromatic N) is 3.